The predicted octanol–water partition coefficient (Wildman–Crippen LogP) is 2.12. The van der Waals surface area contributed by atoms with E-state index >= 15 is 0 Å². The van der Waals surface area contributed by atoms with E-state index in [0.717, 1.165) is 25.2 Å². The summed E-state index contributed by atoms with van der Waals surface area (Å²) in [4.78, 5) is 1.27. The lowest BCUT2D eigenvalue weighted by molar-refractivity contribution is 0.216. The van der Waals surface area contributed by atoms with Crippen LogP contribution in [0.4, 0.5) is 0 Å². The molecule has 82 valence electrons. The molecule has 0 amide bonds. The van der Waals surface area contributed by atoms with Gasteiger partial charge in [-0.15, -0.1) is 11.3 Å². The SMILES string of the molecule is CCc1ccsc1C(NN)C1=CCCO1. The Morgan fingerprint density at radius 3 is 3.13 bits per heavy atom. The monoisotopic (exact) mass is 224 g/mol. The molecule has 3 N–H and O–H groups in total. The molecule has 0 spiro atoms. The fourth-order valence-corrected chi connectivity index (χ4v) is 2.88. The number of hydrogen-bond donors (Lipinski definition) is 2. The number of nitrogens with one attached hydrogen (secondary N) is 1. The molecule has 1 aromatic heterocycles. The van der Waals surface area contributed by atoms with Gasteiger partial charge in [-0.05, 0) is 29.5 Å². The Balaban J connectivity index is 2.26. The van der Waals surface area contributed by atoms with Crippen LogP contribution in [0.25, 0.3) is 0 Å². The number of rotatable bonds is 4. The zero-order chi connectivity index (χ0) is 10.7. The molecule has 15 heavy (non-hydrogen) atoms. The third-order valence-electron chi connectivity index (χ3n) is 2.61. The maximum absolute atomic E-state index is 5.60. The first-order chi connectivity index (χ1) is 7.36. The lowest BCUT2D eigenvalue weighted by atomic mass is 10.1. The Morgan fingerprint density at radius 2 is 2.53 bits per heavy atom. The van der Waals surface area contributed by atoms with E-state index in [0.29, 0.717) is 0 Å². The Labute approximate surface area is 93.9 Å². The molecule has 1 atom stereocenters. The number of aryl methyl sites for hydroxylation is 1. The number of thiophene rings is 1. The molecule has 0 radical (unpaired) electrons. The second-order valence-electron chi connectivity index (χ2n) is 3.51. The average molecular weight is 224 g/mol. The zero-order valence-electron chi connectivity index (χ0n) is 8.82. The van der Waals surface area contributed by atoms with Crippen molar-refractivity contribution in [3.63, 3.8) is 0 Å². The first-order valence-electron chi connectivity index (χ1n) is 5.22. The number of ether oxygens (including phenoxy) is 1. The molecule has 0 saturated heterocycles. The highest BCUT2D eigenvalue weighted by Gasteiger charge is 2.22. The Hall–Kier alpha value is -0.840. The molecule has 0 saturated carbocycles. The molecule has 3 nitrogen and oxygen atoms in total. The largest absolute Gasteiger partial charge is 0.496 e. The van der Waals surface area contributed by atoms with E-state index in [1.807, 2.05) is 0 Å². The van der Waals surface area contributed by atoms with Gasteiger partial charge in [0.15, 0.2) is 0 Å². The van der Waals surface area contributed by atoms with Crippen LogP contribution in [-0.2, 0) is 11.2 Å². The van der Waals surface area contributed by atoms with Crippen molar-refractivity contribution in [2.24, 2.45) is 5.84 Å². The van der Waals surface area contributed by atoms with Crippen molar-refractivity contribution in [2.75, 3.05) is 6.61 Å². The van der Waals surface area contributed by atoms with Gasteiger partial charge in [0.1, 0.15) is 11.8 Å². The van der Waals surface area contributed by atoms with Gasteiger partial charge in [0.2, 0.25) is 0 Å². The summed E-state index contributed by atoms with van der Waals surface area (Å²) < 4.78 is 5.55. The fourth-order valence-electron chi connectivity index (χ4n) is 1.82. The highest BCUT2D eigenvalue weighted by molar-refractivity contribution is 7.10. The van der Waals surface area contributed by atoms with Gasteiger partial charge in [-0.25, -0.2) is 5.43 Å². The van der Waals surface area contributed by atoms with Crippen LogP contribution in [0.5, 0.6) is 0 Å². The van der Waals surface area contributed by atoms with E-state index in [9.17, 15) is 0 Å². The summed E-state index contributed by atoms with van der Waals surface area (Å²) in [6, 6.07) is 2.18. The molecule has 0 aliphatic carbocycles. The third-order valence-corrected chi connectivity index (χ3v) is 3.63. The second kappa shape index (κ2) is 4.79. The van der Waals surface area contributed by atoms with Crippen molar-refractivity contribution in [3.8, 4) is 0 Å². The second-order valence-corrected chi connectivity index (χ2v) is 4.45. The first-order valence-corrected chi connectivity index (χ1v) is 6.10. The van der Waals surface area contributed by atoms with Crippen molar-refractivity contribution < 1.29 is 4.74 Å². The lowest BCUT2D eigenvalue weighted by Gasteiger charge is -2.17. The van der Waals surface area contributed by atoms with Crippen molar-refractivity contribution >= 4 is 11.3 Å². The third kappa shape index (κ3) is 2.07. The summed E-state index contributed by atoms with van der Waals surface area (Å²) in [5.41, 5.74) is 4.18. The van der Waals surface area contributed by atoms with E-state index in [1.54, 1.807) is 11.3 Å². The molecule has 2 heterocycles. The Kier molecular flexibility index (Phi) is 3.41. The van der Waals surface area contributed by atoms with Gasteiger partial charge in [0.25, 0.3) is 0 Å². The standard InChI is InChI=1S/C11H16N2OS/c1-2-8-5-7-15-11(8)10(13-12)9-4-3-6-14-9/h4-5,7,10,13H,2-3,6,12H2,1H3. The van der Waals surface area contributed by atoms with Crippen LogP contribution in [0, 0.1) is 0 Å². The number of hydrazine groups is 1. The lowest BCUT2D eigenvalue weighted by Crippen LogP contribution is -2.29. The fraction of sp³-hybridized carbons (Fsp3) is 0.455. The maximum Gasteiger partial charge on any atom is 0.116 e. The molecule has 0 bridgehead atoms. The summed E-state index contributed by atoms with van der Waals surface area (Å²) in [7, 11) is 0. The van der Waals surface area contributed by atoms with Crippen LogP contribution in [0.1, 0.15) is 29.8 Å². The highest BCUT2D eigenvalue weighted by Crippen LogP contribution is 2.32. The summed E-state index contributed by atoms with van der Waals surface area (Å²) in [5.74, 6) is 6.57. The molecule has 1 aliphatic heterocycles. The minimum absolute atomic E-state index is 0.0300. The van der Waals surface area contributed by atoms with Gasteiger partial charge >= 0.3 is 0 Å². The van der Waals surface area contributed by atoms with Gasteiger partial charge in [0.05, 0.1) is 6.61 Å². The maximum atomic E-state index is 5.60. The van der Waals surface area contributed by atoms with E-state index in [4.69, 9.17) is 10.6 Å². The molecule has 4 heteroatoms. The molecular weight excluding hydrogens is 208 g/mol. The zero-order valence-corrected chi connectivity index (χ0v) is 9.64. The van der Waals surface area contributed by atoms with Gasteiger partial charge in [-0.1, -0.05) is 6.92 Å². The number of nitrogens with two attached hydrogens (primary N) is 1. The van der Waals surface area contributed by atoms with Gasteiger partial charge in [0, 0.05) is 11.3 Å². The summed E-state index contributed by atoms with van der Waals surface area (Å²) in [6.07, 6.45) is 4.13. The topological polar surface area (TPSA) is 47.3 Å². The van der Waals surface area contributed by atoms with E-state index < -0.39 is 0 Å². The van der Waals surface area contributed by atoms with Crippen LogP contribution in [0.2, 0.25) is 0 Å². The molecule has 2 rings (SSSR count). The van der Waals surface area contributed by atoms with Gasteiger partial charge in [-0.2, -0.15) is 0 Å². The molecule has 1 aliphatic rings. The Morgan fingerprint density at radius 1 is 1.67 bits per heavy atom. The van der Waals surface area contributed by atoms with Crippen molar-refractivity contribution in [2.45, 2.75) is 25.8 Å². The van der Waals surface area contributed by atoms with Crippen LogP contribution in [0.15, 0.2) is 23.3 Å². The quantitative estimate of drug-likeness (QED) is 0.608. The minimum Gasteiger partial charge on any atom is -0.496 e. The van der Waals surface area contributed by atoms with Crippen LogP contribution in [0.3, 0.4) is 0 Å². The molecule has 0 fully saturated rings. The van der Waals surface area contributed by atoms with E-state index in [2.05, 4.69) is 29.9 Å². The van der Waals surface area contributed by atoms with Gasteiger partial charge in [-0.3, -0.25) is 5.84 Å². The van der Waals surface area contributed by atoms with E-state index in [-0.39, 0.29) is 6.04 Å². The molecule has 1 unspecified atom stereocenters. The molecule has 0 aromatic carbocycles. The smallest absolute Gasteiger partial charge is 0.116 e. The molecule has 1 aromatic rings. The van der Waals surface area contributed by atoms with Crippen LogP contribution >= 0.6 is 11.3 Å². The number of hydrogen-bond acceptors (Lipinski definition) is 4. The van der Waals surface area contributed by atoms with Crippen molar-refractivity contribution in [3.05, 3.63) is 33.7 Å². The molecular formula is C11H16N2OS. The van der Waals surface area contributed by atoms with Crippen LogP contribution < -0.4 is 11.3 Å². The van der Waals surface area contributed by atoms with Crippen molar-refractivity contribution in [1.29, 1.82) is 0 Å². The summed E-state index contributed by atoms with van der Waals surface area (Å²) >= 11 is 1.73. The Bertz CT molecular complexity index is 359. The van der Waals surface area contributed by atoms with Gasteiger partial charge < -0.3 is 4.74 Å². The summed E-state index contributed by atoms with van der Waals surface area (Å²) in [5, 5.41) is 2.11. The predicted molar refractivity (Wildman–Crippen MR) is 62.4 cm³/mol. The van der Waals surface area contributed by atoms with E-state index in [1.165, 1.54) is 10.4 Å². The highest BCUT2D eigenvalue weighted by atomic mass is 32.1. The van der Waals surface area contributed by atoms with Crippen molar-refractivity contribution in [1.82, 2.24) is 5.43 Å². The normalized spacial score (nSPS) is 17.3. The summed E-state index contributed by atoms with van der Waals surface area (Å²) in [6.45, 7) is 2.93. The average Bonchev–Trinajstić information content (AvgIpc) is 2.89. The first kappa shape index (κ1) is 10.7. The van der Waals surface area contributed by atoms with Crippen LogP contribution in [-0.4, -0.2) is 6.61 Å². The minimum atomic E-state index is 0.0300.